The van der Waals surface area contributed by atoms with Crippen LogP contribution in [-0.4, -0.2) is 25.9 Å². The highest BCUT2D eigenvalue weighted by atomic mass is 19.4. The quantitative estimate of drug-likeness (QED) is 0.474. The number of hydrogen-bond acceptors (Lipinski definition) is 5. The van der Waals surface area contributed by atoms with Crippen LogP contribution in [0.2, 0.25) is 0 Å². The Morgan fingerprint density at radius 2 is 1.87 bits per heavy atom. The number of anilines is 1. The average molecular weight is 431 g/mol. The van der Waals surface area contributed by atoms with Gasteiger partial charge < -0.3 is 9.73 Å². The molecule has 0 spiro atoms. The van der Waals surface area contributed by atoms with E-state index in [-0.39, 0.29) is 11.4 Å². The molecule has 1 saturated carbocycles. The van der Waals surface area contributed by atoms with Crippen molar-refractivity contribution in [3.8, 4) is 5.69 Å². The van der Waals surface area contributed by atoms with Crippen LogP contribution in [0.25, 0.3) is 16.8 Å². The molecule has 0 unspecified atom stereocenters. The molecule has 11 heteroatoms. The number of nitrogens with zero attached hydrogens (tertiary/aromatic N) is 4. The monoisotopic (exact) mass is 431 g/mol. The van der Waals surface area contributed by atoms with Gasteiger partial charge in [0, 0.05) is 11.6 Å². The van der Waals surface area contributed by atoms with Gasteiger partial charge in [-0.3, -0.25) is 4.79 Å². The average Bonchev–Trinajstić information content (AvgIpc) is 3.31. The first-order valence-corrected chi connectivity index (χ1v) is 9.30. The fourth-order valence-electron chi connectivity index (χ4n) is 3.17. The van der Waals surface area contributed by atoms with Crippen LogP contribution < -0.4 is 5.32 Å². The minimum atomic E-state index is -4.93. The van der Waals surface area contributed by atoms with Crippen LogP contribution >= 0.6 is 0 Å². The van der Waals surface area contributed by atoms with Crippen molar-refractivity contribution in [3.63, 3.8) is 0 Å². The van der Waals surface area contributed by atoms with Gasteiger partial charge in [0.2, 0.25) is 0 Å². The molecule has 31 heavy (non-hydrogen) atoms. The van der Waals surface area contributed by atoms with Crippen LogP contribution in [0.4, 0.5) is 23.2 Å². The summed E-state index contributed by atoms with van der Waals surface area (Å²) in [7, 11) is 0. The number of oxazole rings is 1. The molecule has 0 radical (unpaired) electrons. The van der Waals surface area contributed by atoms with Crippen molar-refractivity contribution in [2.75, 3.05) is 5.32 Å². The highest BCUT2D eigenvalue weighted by molar-refractivity contribution is 6.04. The molecule has 4 aromatic rings. The predicted molar refractivity (Wildman–Crippen MR) is 100 cm³/mol. The van der Waals surface area contributed by atoms with Gasteiger partial charge in [0.15, 0.2) is 22.9 Å². The first-order valence-electron chi connectivity index (χ1n) is 9.30. The Kier molecular flexibility index (Phi) is 4.27. The molecule has 1 aliphatic carbocycles. The smallest absolute Gasteiger partial charge is 0.435 e. The van der Waals surface area contributed by atoms with E-state index in [0.717, 1.165) is 37.1 Å². The van der Waals surface area contributed by atoms with Gasteiger partial charge in [-0.15, -0.1) is 5.10 Å². The molecule has 0 bridgehead atoms. The molecule has 1 N–H and O–H groups in total. The van der Waals surface area contributed by atoms with E-state index in [0.29, 0.717) is 27.6 Å². The van der Waals surface area contributed by atoms with Crippen molar-refractivity contribution < 1.29 is 26.8 Å². The third kappa shape index (κ3) is 3.62. The third-order valence-corrected chi connectivity index (χ3v) is 4.81. The summed E-state index contributed by atoms with van der Waals surface area (Å²) in [6, 6.07) is 8.79. The highest BCUT2D eigenvalue weighted by Gasteiger charge is 2.42. The van der Waals surface area contributed by atoms with E-state index in [1.54, 1.807) is 6.07 Å². The molecule has 1 amide bonds. The second kappa shape index (κ2) is 6.89. The SMILES string of the molecule is O=C(Nc1ccc2oc(C3CC3)nc2c1)c1nnn(-c2ccc(F)cc2)c1C(F)(F)F. The highest BCUT2D eigenvalue weighted by Crippen LogP contribution is 2.40. The van der Waals surface area contributed by atoms with E-state index >= 15 is 0 Å². The second-order valence-electron chi connectivity index (χ2n) is 7.14. The summed E-state index contributed by atoms with van der Waals surface area (Å²) in [5.74, 6) is -0.809. The van der Waals surface area contributed by atoms with Crippen LogP contribution in [0.15, 0.2) is 46.9 Å². The van der Waals surface area contributed by atoms with Gasteiger partial charge in [-0.05, 0) is 55.3 Å². The lowest BCUT2D eigenvalue weighted by Gasteiger charge is -2.11. The normalized spacial score (nSPS) is 14.2. The minimum absolute atomic E-state index is 0.0862. The lowest BCUT2D eigenvalue weighted by Crippen LogP contribution is -2.21. The number of rotatable bonds is 4. The summed E-state index contributed by atoms with van der Waals surface area (Å²) in [6.45, 7) is 0. The number of halogens is 4. The van der Waals surface area contributed by atoms with E-state index in [1.807, 2.05) is 0 Å². The summed E-state index contributed by atoms with van der Waals surface area (Å²) in [4.78, 5) is 17.0. The number of benzene rings is 2. The van der Waals surface area contributed by atoms with E-state index in [2.05, 4.69) is 20.6 Å². The zero-order valence-electron chi connectivity index (χ0n) is 15.7. The molecule has 5 rings (SSSR count). The molecule has 2 aromatic carbocycles. The Balaban J connectivity index is 1.47. The van der Waals surface area contributed by atoms with Crippen LogP contribution in [0.1, 0.15) is 40.8 Å². The van der Waals surface area contributed by atoms with E-state index in [4.69, 9.17) is 4.42 Å². The lowest BCUT2D eigenvalue weighted by atomic mass is 10.2. The largest absolute Gasteiger partial charge is 0.440 e. The Bertz CT molecular complexity index is 1290. The summed E-state index contributed by atoms with van der Waals surface area (Å²) >= 11 is 0. The Labute approximate surface area is 171 Å². The van der Waals surface area contributed by atoms with E-state index < -0.39 is 29.3 Å². The Morgan fingerprint density at radius 3 is 2.55 bits per heavy atom. The molecule has 0 aliphatic heterocycles. The van der Waals surface area contributed by atoms with E-state index in [9.17, 15) is 22.4 Å². The molecule has 7 nitrogen and oxygen atoms in total. The number of alkyl halides is 3. The van der Waals surface area contributed by atoms with Gasteiger partial charge in [-0.1, -0.05) is 5.21 Å². The molecule has 2 heterocycles. The van der Waals surface area contributed by atoms with Crippen LogP contribution in [0.3, 0.4) is 0 Å². The summed E-state index contributed by atoms with van der Waals surface area (Å²) < 4.78 is 60.4. The first kappa shape index (κ1) is 19.2. The fourth-order valence-corrected chi connectivity index (χ4v) is 3.17. The topological polar surface area (TPSA) is 85.8 Å². The fraction of sp³-hybridized carbons (Fsp3) is 0.200. The number of carbonyl (C=O) groups is 1. The van der Waals surface area contributed by atoms with Gasteiger partial charge in [-0.2, -0.15) is 13.2 Å². The van der Waals surface area contributed by atoms with Crippen LogP contribution in [-0.2, 0) is 6.18 Å². The molecule has 1 aliphatic rings. The molecular formula is C20H13F4N5O2. The van der Waals surface area contributed by atoms with Gasteiger partial charge in [-0.25, -0.2) is 14.1 Å². The van der Waals surface area contributed by atoms with Crippen LogP contribution in [0.5, 0.6) is 0 Å². The van der Waals surface area contributed by atoms with Gasteiger partial charge >= 0.3 is 6.18 Å². The van der Waals surface area contributed by atoms with Crippen molar-refractivity contribution in [3.05, 3.63) is 65.6 Å². The summed E-state index contributed by atoms with van der Waals surface area (Å²) in [5.41, 5.74) is -1.11. The second-order valence-corrected chi connectivity index (χ2v) is 7.14. The Hall–Kier alpha value is -3.76. The number of amides is 1. The lowest BCUT2D eigenvalue weighted by molar-refractivity contribution is -0.143. The number of carbonyl (C=O) groups excluding carboxylic acids is 1. The summed E-state index contributed by atoms with van der Waals surface area (Å²) in [6.07, 6.45) is -2.93. The van der Waals surface area contributed by atoms with Crippen molar-refractivity contribution in [1.29, 1.82) is 0 Å². The maximum atomic E-state index is 13.7. The van der Waals surface area contributed by atoms with Crippen molar-refractivity contribution in [2.24, 2.45) is 0 Å². The van der Waals surface area contributed by atoms with Gasteiger partial charge in [0.25, 0.3) is 5.91 Å². The number of aromatic nitrogens is 4. The number of hydrogen-bond donors (Lipinski definition) is 1. The van der Waals surface area contributed by atoms with Crippen LogP contribution in [0, 0.1) is 5.82 Å². The molecular weight excluding hydrogens is 418 g/mol. The first-order chi connectivity index (χ1) is 14.8. The van der Waals surface area contributed by atoms with Crippen molar-refractivity contribution >= 4 is 22.7 Å². The molecule has 158 valence electrons. The zero-order valence-corrected chi connectivity index (χ0v) is 15.7. The third-order valence-electron chi connectivity index (χ3n) is 4.81. The Morgan fingerprint density at radius 1 is 1.13 bits per heavy atom. The zero-order chi connectivity index (χ0) is 21.8. The number of nitrogens with one attached hydrogen (secondary N) is 1. The van der Waals surface area contributed by atoms with Gasteiger partial charge in [0.05, 0.1) is 5.69 Å². The minimum Gasteiger partial charge on any atom is -0.440 e. The molecule has 2 aromatic heterocycles. The number of fused-ring (bicyclic) bond motifs is 1. The summed E-state index contributed by atoms with van der Waals surface area (Å²) in [5, 5.41) is 9.28. The van der Waals surface area contributed by atoms with Gasteiger partial charge in [0.1, 0.15) is 11.3 Å². The van der Waals surface area contributed by atoms with E-state index in [1.165, 1.54) is 12.1 Å². The standard InChI is InChI=1S/C20H13F4N5O2/c21-11-3-6-13(7-4-11)29-17(20(22,23)24)16(27-28-29)18(30)25-12-5-8-15-14(9-12)26-19(31-15)10-1-2-10/h3-10H,1-2H2,(H,25,30). The molecule has 0 saturated heterocycles. The maximum Gasteiger partial charge on any atom is 0.435 e. The maximum absolute atomic E-state index is 13.7. The molecule has 0 atom stereocenters. The van der Waals surface area contributed by atoms with Crippen molar-refractivity contribution in [1.82, 2.24) is 20.0 Å². The van der Waals surface area contributed by atoms with Crippen molar-refractivity contribution in [2.45, 2.75) is 24.9 Å². The molecule has 1 fully saturated rings. The predicted octanol–water partition coefficient (Wildman–Crippen LogP) is 4.70.